The minimum absolute atomic E-state index is 0.226. The minimum atomic E-state index is -0.592. The normalized spacial score (nSPS) is 9.92. The van der Waals surface area contributed by atoms with Crippen molar-refractivity contribution in [3.05, 3.63) is 73.9 Å². The van der Waals surface area contributed by atoms with Crippen molar-refractivity contribution in [1.29, 1.82) is 0 Å². The Morgan fingerprint density at radius 3 is 2.50 bits per heavy atom. The van der Waals surface area contributed by atoms with Crippen molar-refractivity contribution in [3.63, 3.8) is 0 Å². The highest BCUT2D eigenvalue weighted by Gasteiger charge is 2.02. The van der Waals surface area contributed by atoms with Gasteiger partial charge in [-0.25, -0.2) is 4.98 Å². The van der Waals surface area contributed by atoms with Gasteiger partial charge in [-0.2, -0.15) is 0 Å². The van der Waals surface area contributed by atoms with Crippen molar-refractivity contribution in [2.75, 3.05) is 0 Å². The van der Waals surface area contributed by atoms with Crippen molar-refractivity contribution in [2.45, 2.75) is 5.33 Å². The number of carbonyl (C=O) groups excluding carboxylic acids is 1. The zero-order valence-electron chi connectivity index (χ0n) is 12.3. The quantitative estimate of drug-likeness (QED) is 0.624. The molecule has 0 saturated heterocycles. The fourth-order valence-electron chi connectivity index (χ4n) is 1.72. The van der Waals surface area contributed by atoms with E-state index in [1.54, 1.807) is 11.3 Å². The number of nitrogens with zero attached hydrogens (tertiary/aromatic N) is 1. The summed E-state index contributed by atoms with van der Waals surface area (Å²) in [4.78, 5) is 27.8. The molecule has 3 aromatic rings. The Morgan fingerprint density at radius 2 is 2.00 bits per heavy atom. The molecule has 1 amide bonds. The van der Waals surface area contributed by atoms with Crippen LogP contribution in [0.1, 0.15) is 15.4 Å². The van der Waals surface area contributed by atoms with Crippen LogP contribution < -0.4 is 11.3 Å². The first kappa shape index (κ1) is 18.4. The number of H-pyrrole nitrogens is 1. The van der Waals surface area contributed by atoms with Crippen molar-refractivity contribution < 1.29 is 4.79 Å². The van der Waals surface area contributed by atoms with Crippen molar-refractivity contribution in [1.82, 2.24) is 9.97 Å². The van der Waals surface area contributed by atoms with Crippen molar-refractivity contribution in [3.8, 4) is 11.3 Å². The van der Waals surface area contributed by atoms with Gasteiger partial charge in [-0.05, 0) is 18.2 Å². The van der Waals surface area contributed by atoms with E-state index in [0.29, 0.717) is 0 Å². The first-order valence-corrected chi connectivity index (χ1v) is 9.12. The van der Waals surface area contributed by atoms with Crippen LogP contribution in [-0.2, 0) is 5.33 Å². The van der Waals surface area contributed by atoms with Gasteiger partial charge in [0, 0.05) is 33.8 Å². The monoisotopic (exact) mass is 425 g/mol. The van der Waals surface area contributed by atoms with Crippen LogP contribution in [0, 0.1) is 0 Å². The van der Waals surface area contributed by atoms with E-state index in [1.807, 2.05) is 24.3 Å². The maximum Gasteiger partial charge on any atom is 0.248 e. The molecule has 8 heteroatoms. The molecule has 0 aliphatic rings. The molecular weight excluding hydrogens is 414 g/mol. The molecule has 0 radical (unpaired) electrons. The predicted octanol–water partition coefficient (Wildman–Crippen LogP) is 3.83. The van der Waals surface area contributed by atoms with Gasteiger partial charge in [0.2, 0.25) is 11.5 Å². The number of nitrogens with one attached hydrogen (secondary N) is 1. The lowest BCUT2D eigenvalue weighted by molar-refractivity contribution is 0.1000. The number of hydrogen-bond acceptors (Lipinski definition) is 4. The van der Waals surface area contributed by atoms with Crippen LogP contribution in [0.4, 0.5) is 0 Å². The smallest absolute Gasteiger partial charge is 0.248 e. The van der Waals surface area contributed by atoms with E-state index < -0.39 is 5.91 Å². The highest BCUT2D eigenvalue weighted by atomic mass is 79.9. The summed E-state index contributed by atoms with van der Waals surface area (Å²) >= 11 is 10.8. The number of alkyl halides is 1. The maximum absolute atomic E-state index is 10.5. The third kappa shape index (κ3) is 5.30. The Hall–Kier alpha value is -1.96. The zero-order chi connectivity index (χ0) is 17.5. The van der Waals surface area contributed by atoms with Crippen LogP contribution in [0.2, 0.25) is 5.02 Å². The molecular formula is C16H13BrClN3O2S. The molecule has 1 aromatic carbocycles. The second-order valence-corrected chi connectivity index (χ2v) is 6.51. The number of carbonyl (C=O) groups is 1. The van der Waals surface area contributed by atoms with E-state index in [9.17, 15) is 9.59 Å². The lowest BCUT2D eigenvalue weighted by atomic mass is 10.2. The van der Waals surface area contributed by atoms with Gasteiger partial charge in [0.15, 0.2) is 0 Å². The Kier molecular flexibility index (Phi) is 6.72. The molecule has 0 atom stereocenters. The number of amides is 1. The highest BCUT2D eigenvalue weighted by molar-refractivity contribution is 9.08. The van der Waals surface area contributed by atoms with Crippen molar-refractivity contribution >= 4 is 44.8 Å². The van der Waals surface area contributed by atoms with Gasteiger partial charge in [0.05, 0.1) is 11.0 Å². The molecule has 3 N–H and O–H groups in total. The average molecular weight is 427 g/mol. The third-order valence-electron chi connectivity index (χ3n) is 2.87. The van der Waals surface area contributed by atoms with E-state index in [2.05, 4.69) is 31.3 Å². The van der Waals surface area contributed by atoms with Crippen LogP contribution in [0.3, 0.4) is 0 Å². The molecule has 0 unspecified atom stereocenters. The molecule has 2 heterocycles. The summed E-state index contributed by atoms with van der Waals surface area (Å²) in [6.07, 6.45) is 1.38. The first-order chi connectivity index (χ1) is 11.5. The second kappa shape index (κ2) is 8.77. The topological polar surface area (TPSA) is 88.8 Å². The summed E-state index contributed by atoms with van der Waals surface area (Å²) < 4.78 is 0. The number of thiazole rings is 1. The molecule has 0 aliphatic heterocycles. The van der Waals surface area contributed by atoms with E-state index >= 15 is 0 Å². The summed E-state index contributed by atoms with van der Waals surface area (Å²) in [5.74, 6) is -0.592. The number of benzene rings is 1. The second-order valence-electron chi connectivity index (χ2n) is 4.57. The lowest BCUT2D eigenvalue weighted by Gasteiger charge is -1.95. The van der Waals surface area contributed by atoms with Gasteiger partial charge < -0.3 is 10.7 Å². The van der Waals surface area contributed by atoms with Crippen LogP contribution in [0.15, 0.2) is 52.8 Å². The van der Waals surface area contributed by atoms with Crippen LogP contribution >= 0.6 is 38.9 Å². The predicted molar refractivity (Wildman–Crippen MR) is 101 cm³/mol. The number of halogens is 2. The molecule has 0 saturated carbocycles. The van der Waals surface area contributed by atoms with Crippen LogP contribution in [0.5, 0.6) is 0 Å². The third-order valence-corrected chi connectivity index (χ3v) is 4.87. The fraction of sp³-hybridized carbons (Fsp3) is 0.0625. The molecule has 0 spiro atoms. The summed E-state index contributed by atoms with van der Waals surface area (Å²) in [5.41, 5.74) is 6.92. The largest absolute Gasteiger partial charge is 0.366 e. The van der Waals surface area contributed by atoms with E-state index in [4.69, 9.17) is 17.3 Å². The fourth-order valence-corrected chi connectivity index (χ4v) is 3.02. The van der Waals surface area contributed by atoms with E-state index in [0.717, 1.165) is 32.7 Å². The standard InChI is InChI=1S/C10H7BrClNS.C6H6N2O2/c11-5-10-13-9(6-14-10)7-1-3-8(12)4-2-7;7-6(10)4-1-2-8-5(9)3-4/h1-4,6H,5H2;1-3H,(H2,7,10)(H,8,9). The number of nitrogens with two attached hydrogens (primary N) is 1. The van der Waals surface area contributed by atoms with E-state index in [-0.39, 0.29) is 11.1 Å². The molecule has 2 aromatic heterocycles. The van der Waals surface area contributed by atoms with Gasteiger partial charge in [0.1, 0.15) is 5.01 Å². The zero-order valence-corrected chi connectivity index (χ0v) is 15.5. The van der Waals surface area contributed by atoms with E-state index in [1.165, 1.54) is 12.3 Å². The number of hydrogen-bond donors (Lipinski definition) is 2. The molecule has 24 heavy (non-hydrogen) atoms. The Morgan fingerprint density at radius 1 is 1.29 bits per heavy atom. The van der Waals surface area contributed by atoms with Crippen molar-refractivity contribution in [2.24, 2.45) is 5.73 Å². The molecule has 5 nitrogen and oxygen atoms in total. The molecule has 3 rings (SSSR count). The first-order valence-electron chi connectivity index (χ1n) is 6.74. The van der Waals surface area contributed by atoms with Crippen LogP contribution in [-0.4, -0.2) is 15.9 Å². The molecule has 124 valence electrons. The number of pyridine rings is 1. The highest BCUT2D eigenvalue weighted by Crippen LogP contribution is 2.24. The minimum Gasteiger partial charge on any atom is -0.366 e. The average Bonchev–Trinajstić information content (AvgIpc) is 3.05. The molecule has 0 bridgehead atoms. The summed E-state index contributed by atoms with van der Waals surface area (Å²) in [6, 6.07) is 10.3. The molecule has 0 fully saturated rings. The van der Waals surface area contributed by atoms with Gasteiger partial charge in [-0.3, -0.25) is 9.59 Å². The van der Waals surface area contributed by atoms with Gasteiger partial charge in [0.25, 0.3) is 0 Å². The Bertz CT molecular complexity index is 877. The van der Waals surface area contributed by atoms with Crippen LogP contribution in [0.25, 0.3) is 11.3 Å². The lowest BCUT2D eigenvalue weighted by Crippen LogP contribution is -2.14. The Labute approximate surface area is 155 Å². The Balaban J connectivity index is 0.000000185. The number of rotatable bonds is 3. The summed E-state index contributed by atoms with van der Waals surface area (Å²) in [5, 5.41) is 4.71. The molecule has 0 aliphatic carbocycles. The SMILES string of the molecule is Clc1ccc(-c2csc(CBr)n2)cc1.NC(=O)c1cc[nH]c(=O)c1. The summed E-state index contributed by atoms with van der Waals surface area (Å²) in [7, 11) is 0. The van der Waals surface area contributed by atoms with Gasteiger partial charge >= 0.3 is 0 Å². The number of aromatic nitrogens is 2. The van der Waals surface area contributed by atoms with Gasteiger partial charge in [-0.1, -0.05) is 39.7 Å². The maximum atomic E-state index is 10.5. The summed E-state index contributed by atoms with van der Waals surface area (Å²) in [6.45, 7) is 0. The van der Waals surface area contributed by atoms with Gasteiger partial charge in [-0.15, -0.1) is 11.3 Å². The number of aromatic amines is 1. The number of primary amides is 1.